The third-order valence-corrected chi connectivity index (χ3v) is 2.77. The Morgan fingerprint density at radius 1 is 1.53 bits per heavy atom. The summed E-state index contributed by atoms with van der Waals surface area (Å²) in [6.45, 7) is 2.30. The standard InChI is InChI=1S/C12H15FO2/c1-2-4-11-12-8(10(14)7-15-11)5-3-6-9(12)13/h3,5-6,10-11,14H,2,4,7H2,1H3/t10-,11+/m1/s1. The van der Waals surface area contributed by atoms with E-state index in [2.05, 4.69) is 0 Å². The second-order valence-corrected chi connectivity index (χ2v) is 3.87. The first-order valence-electron chi connectivity index (χ1n) is 5.32. The van der Waals surface area contributed by atoms with Crippen LogP contribution >= 0.6 is 0 Å². The number of halogens is 1. The monoisotopic (exact) mass is 210 g/mol. The van der Waals surface area contributed by atoms with Crippen molar-refractivity contribution in [3.8, 4) is 0 Å². The molecule has 2 atom stereocenters. The molecule has 0 unspecified atom stereocenters. The van der Waals surface area contributed by atoms with Crippen LogP contribution in [0.3, 0.4) is 0 Å². The van der Waals surface area contributed by atoms with Gasteiger partial charge in [0.05, 0.1) is 12.7 Å². The maximum absolute atomic E-state index is 13.6. The van der Waals surface area contributed by atoms with Gasteiger partial charge in [-0.05, 0) is 18.1 Å². The van der Waals surface area contributed by atoms with Crippen LogP contribution in [-0.2, 0) is 4.74 Å². The topological polar surface area (TPSA) is 29.5 Å². The number of rotatable bonds is 2. The predicted molar refractivity (Wildman–Crippen MR) is 55.0 cm³/mol. The highest BCUT2D eigenvalue weighted by molar-refractivity contribution is 5.34. The first kappa shape index (κ1) is 10.6. The maximum Gasteiger partial charge on any atom is 0.129 e. The molecule has 0 amide bonds. The molecule has 3 heteroatoms. The normalized spacial score (nSPS) is 25.0. The molecule has 1 aromatic carbocycles. The Morgan fingerprint density at radius 3 is 3.07 bits per heavy atom. The van der Waals surface area contributed by atoms with Crippen LogP contribution in [0.15, 0.2) is 18.2 Å². The van der Waals surface area contributed by atoms with E-state index in [1.807, 2.05) is 6.92 Å². The highest BCUT2D eigenvalue weighted by Gasteiger charge is 2.28. The van der Waals surface area contributed by atoms with Crippen molar-refractivity contribution in [1.29, 1.82) is 0 Å². The van der Waals surface area contributed by atoms with E-state index in [4.69, 9.17) is 4.74 Å². The van der Waals surface area contributed by atoms with Gasteiger partial charge in [-0.15, -0.1) is 0 Å². The Kier molecular flexibility index (Phi) is 3.03. The van der Waals surface area contributed by atoms with Crippen LogP contribution in [0.2, 0.25) is 0 Å². The molecule has 0 saturated carbocycles. The van der Waals surface area contributed by atoms with Crippen molar-refractivity contribution in [1.82, 2.24) is 0 Å². The number of hydrogen-bond acceptors (Lipinski definition) is 2. The van der Waals surface area contributed by atoms with E-state index < -0.39 is 6.10 Å². The van der Waals surface area contributed by atoms with E-state index in [0.717, 1.165) is 12.8 Å². The van der Waals surface area contributed by atoms with E-state index in [0.29, 0.717) is 11.1 Å². The lowest BCUT2D eigenvalue weighted by Gasteiger charge is -2.29. The molecule has 0 fully saturated rings. The molecule has 0 spiro atoms. The van der Waals surface area contributed by atoms with Crippen molar-refractivity contribution in [3.05, 3.63) is 35.1 Å². The molecule has 2 nitrogen and oxygen atoms in total. The predicted octanol–water partition coefficient (Wildman–Crippen LogP) is 2.73. The summed E-state index contributed by atoms with van der Waals surface area (Å²) in [4.78, 5) is 0. The Labute approximate surface area is 88.7 Å². The number of fused-ring (bicyclic) bond motifs is 1. The lowest BCUT2D eigenvalue weighted by molar-refractivity contribution is -0.0358. The molecule has 1 heterocycles. The van der Waals surface area contributed by atoms with Gasteiger partial charge in [-0.1, -0.05) is 25.5 Å². The van der Waals surface area contributed by atoms with E-state index in [9.17, 15) is 9.50 Å². The van der Waals surface area contributed by atoms with Gasteiger partial charge < -0.3 is 9.84 Å². The molecule has 0 radical (unpaired) electrons. The van der Waals surface area contributed by atoms with Crippen molar-refractivity contribution in [2.24, 2.45) is 0 Å². The zero-order valence-corrected chi connectivity index (χ0v) is 8.74. The fraction of sp³-hybridized carbons (Fsp3) is 0.500. The summed E-state index contributed by atoms with van der Waals surface area (Å²) < 4.78 is 19.1. The second kappa shape index (κ2) is 4.29. The second-order valence-electron chi connectivity index (χ2n) is 3.87. The van der Waals surface area contributed by atoms with Gasteiger partial charge >= 0.3 is 0 Å². The van der Waals surface area contributed by atoms with E-state index in [1.165, 1.54) is 6.07 Å². The SMILES string of the molecule is CCC[C@@H]1OC[C@@H](O)c2cccc(F)c21. The fourth-order valence-electron chi connectivity index (χ4n) is 2.05. The van der Waals surface area contributed by atoms with Crippen LogP contribution in [0.25, 0.3) is 0 Å². The average molecular weight is 210 g/mol. The molecular weight excluding hydrogens is 195 g/mol. The lowest BCUT2D eigenvalue weighted by Crippen LogP contribution is -2.22. The van der Waals surface area contributed by atoms with Crippen molar-refractivity contribution in [2.75, 3.05) is 6.61 Å². The zero-order chi connectivity index (χ0) is 10.8. The summed E-state index contributed by atoms with van der Waals surface area (Å²) in [7, 11) is 0. The van der Waals surface area contributed by atoms with Crippen molar-refractivity contribution in [2.45, 2.75) is 32.0 Å². The lowest BCUT2D eigenvalue weighted by atomic mass is 9.93. The quantitative estimate of drug-likeness (QED) is 0.813. The molecule has 1 aromatic rings. The Balaban J connectivity index is 2.42. The average Bonchev–Trinajstić information content (AvgIpc) is 2.23. The van der Waals surface area contributed by atoms with Crippen LogP contribution in [0.4, 0.5) is 4.39 Å². The number of aliphatic hydroxyl groups is 1. The summed E-state index contributed by atoms with van der Waals surface area (Å²) in [6, 6.07) is 4.82. The van der Waals surface area contributed by atoms with Gasteiger partial charge in [0.15, 0.2) is 0 Å². The summed E-state index contributed by atoms with van der Waals surface area (Å²) >= 11 is 0. The molecule has 0 bridgehead atoms. The third kappa shape index (κ3) is 1.90. The van der Waals surface area contributed by atoms with E-state index in [1.54, 1.807) is 12.1 Å². The Bertz CT molecular complexity index is 351. The van der Waals surface area contributed by atoms with Gasteiger partial charge in [-0.2, -0.15) is 0 Å². The Hall–Kier alpha value is -0.930. The molecular formula is C12H15FO2. The van der Waals surface area contributed by atoms with Crippen molar-refractivity contribution >= 4 is 0 Å². The summed E-state index contributed by atoms with van der Waals surface area (Å²) in [6.07, 6.45) is 0.841. The van der Waals surface area contributed by atoms with Crippen molar-refractivity contribution < 1.29 is 14.2 Å². The number of hydrogen-bond donors (Lipinski definition) is 1. The highest BCUT2D eigenvalue weighted by atomic mass is 19.1. The summed E-state index contributed by atoms with van der Waals surface area (Å²) in [5.74, 6) is -0.273. The first-order chi connectivity index (χ1) is 7.24. The molecule has 0 aromatic heterocycles. The molecule has 15 heavy (non-hydrogen) atoms. The molecule has 1 N–H and O–H groups in total. The number of ether oxygens (including phenoxy) is 1. The minimum Gasteiger partial charge on any atom is -0.386 e. The zero-order valence-electron chi connectivity index (χ0n) is 8.74. The van der Waals surface area contributed by atoms with Gasteiger partial charge in [-0.25, -0.2) is 4.39 Å². The third-order valence-electron chi connectivity index (χ3n) is 2.77. The van der Waals surface area contributed by atoms with Crippen LogP contribution in [0.1, 0.15) is 43.1 Å². The van der Waals surface area contributed by atoms with Gasteiger partial charge in [0, 0.05) is 5.56 Å². The van der Waals surface area contributed by atoms with Crippen molar-refractivity contribution in [3.63, 3.8) is 0 Å². The van der Waals surface area contributed by atoms with Gasteiger partial charge in [0.1, 0.15) is 11.9 Å². The van der Waals surface area contributed by atoms with Crippen LogP contribution in [-0.4, -0.2) is 11.7 Å². The van der Waals surface area contributed by atoms with Crippen LogP contribution in [0, 0.1) is 5.82 Å². The summed E-state index contributed by atoms with van der Waals surface area (Å²) in [5.41, 5.74) is 1.22. The minimum atomic E-state index is -0.691. The van der Waals surface area contributed by atoms with Gasteiger partial charge in [0.25, 0.3) is 0 Å². The number of benzene rings is 1. The van der Waals surface area contributed by atoms with E-state index >= 15 is 0 Å². The largest absolute Gasteiger partial charge is 0.386 e. The molecule has 1 aliphatic heterocycles. The smallest absolute Gasteiger partial charge is 0.129 e. The number of aliphatic hydroxyl groups excluding tert-OH is 1. The van der Waals surface area contributed by atoms with Gasteiger partial charge in [0.2, 0.25) is 0 Å². The molecule has 1 aliphatic rings. The van der Waals surface area contributed by atoms with Crippen LogP contribution < -0.4 is 0 Å². The molecule has 0 saturated heterocycles. The maximum atomic E-state index is 13.6. The van der Waals surface area contributed by atoms with E-state index in [-0.39, 0.29) is 18.5 Å². The minimum absolute atomic E-state index is 0.199. The fourth-order valence-corrected chi connectivity index (χ4v) is 2.05. The highest BCUT2D eigenvalue weighted by Crippen LogP contribution is 2.36. The Morgan fingerprint density at radius 2 is 2.33 bits per heavy atom. The summed E-state index contributed by atoms with van der Waals surface area (Å²) in [5, 5.41) is 9.68. The first-order valence-corrected chi connectivity index (χ1v) is 5.32. The molecule has 2 rings (SSSR count). The molecule has 0 aliphatic carbocycles. The van der Waals surface area contributed by atoms with Gasteiger partial charge in [-0.3, -0.25) is 0 Å². The molecule has 82 valence electrons. The van der Waals surface area contributed by atoms with Crippen LogP contribution in [0.5, 0.6) is 0 Å².